The fraction of sp³-hybridized carbons (Fsp3) is 0.333. The van der Waals surface area contributed by atoms with Gasteiger partial charge in [0.25, 0.3) is 11.8 Å². The van der Waals surface area contributed by atoms with E-state index in [1.165, 1.54) is 0 Å². The minimum atomic E-state index is -0.332. The molecule has 0 atom stereocenters. The molecule has 3 rings (SSSR count). The zero-order valence-corrected chi connectivity index (χ0v) is 16.3. The number of carbonyl (C=O) groups excluding carboxylic acids is 2. The van der Waals surface area contributed by atoms with Crippen LogP contribution in [0.5, 0.6) is 0 Å². The Bertz CT molecular complexity index is 946. The summed E-state index contributed by atoms with van der Waals surface area (Å²) in [5.74, 6) is -0.267. The summed E-state index contributed by atoms with van der Waals surface area (Å²) in [5, 5.41) is 2.85. The van der Waals surface area contributed by atoms with Gasteiger partial charge in [-0.1, -0.05) is 26.0 Å². The molecule has 0 unspecified atom stereocenters. The molecule has 2 amide bonds. The Labute approximate surface area is 164 Å². The summed E-state index contributed by atoms with van der Waals surface area (Å²) in [5.41, 5.74) is 1.84. The third-order valence-electron chi connectivity index (χ3n) is 4.40. The molecule has 7 heteroatoms. The second-order valence-electron chi connectivity index (χ2n) is 6.58. The van der Waals surface area contributed by atoms with Crippen molar-refractivity contribution in [2.75, 3.05) is 13.1 Å². The van der Waals surface area contributed by atoms with Crippen LogP contribution in [0.2, 0.25) is 0 Å². The first-order chi connectivity index (χ1) is 13.7. The Morgan fingerprint density at radius 1 is 1.11 bits per heavy atom. The molecule has 3 aromatic rings. The number of fused-ring (bicyclic) bond motifs is 1. The molecule has 0 radical (unpaired) electrons. The summed E-state index contributed by atoms with van der Waals surface area (Å²) >= 11 is 0. The standard InChI is InChI=1S/C21H25N5O2/c1-3-11-25(12-4-2)21(28)18-17-9-5-6-13-26(17)19(24-18)20(27)23-15-16-8-7-10-22-14-16/h5-10,13-14H,3-4,11-12,15H2,1-2H3,(H,23,27). The molecule has 0 saturated heterocycles. The maximum atomic E-state index is 13.1. The lowest BCUT2D eigenvalue weighted by Gasteiger charge is -2.20. The smallest absolute Gasteiger partial charge is 0.287 e. The number of hydrogen-bond acceptors (Lipinski definition) is 4. The summed E-state index contributed by atoms with van der Waals surface area (Å²) in [7, 11) is 0. The molecule has 28 heavy (non-hydrogen) atoms. The number of imidazole rings is 1. The third-order valence-corrected chi connectivity index (χ3v) is 4.40. The zero-order chi connectivity index (χ0) is 19.9. The fourth-order valence-electron chi connectivity index (χ4n) is 3.12. The van der Waals surface area contributed by atoms with Gasteiger partial charge in [0.1, 0.15) is 0 Å². The topological polar surface area (TPSA) is 79.6 Å². The largest absolute Gasteiger partial charge is 0.345 e. The van der Waals surface area contributed by atoms with Gasteiger partial charge in [-0.2, -0.15) is 0 Å². The molecule has 0 bridgehead atoms. The first kappa shape index (κ1) is 19.5. The summed E-state index contributed by atoms with van der Waals surface area (Å²) < 4.78 is 1.67. The van der Waals surface area contributed by atoms with Gasteiger partial charge >= 0.3 is 0 Å². The Balaban J connectivity index is 1.89. The van der Waals surface area contributed by atoms with Gasteiger partial charge in [0.15, 0.2) is 5.69 Å². The van der Waals surface area contributed by atoms with Crippen LogP contribution in [0.3, 0.4) is 0 Å². The van der Waals surface area contributed by atoms with Crippen LogP contribution >= 0.6 is 0 Å². The number of hydrogen-bond donors (Lipinski definition) is 1. The minimum Gasteiger partial charge on any atom is -0.345 e. The van der Waals surface area contributed by atoms with E-state index in [1.54, 1.807) is 27.9 Å². The number of aromatic nitrogens is 3. The normalized spacial score (nSPS) is 10.8. The quantitative estimate of drug-likeness (QED) is 0.653. The van der Waals surface area contributed by atoms with Crippen LogP contribution in [-0.2, 0) is 6.54 Å². The maximum absolute atomic E-state index is 13.1. The molecular weight excluding hydrogens is 354 g/mol. The average Bonchev–Trinajstić information content (AvgIpc) is 3.12. The molecule has 3 heterocycles. The van der Waals surface area contributed by atoms with Gasteiger partial charge < -0.3 is 10.2 Å². The molecule has 0 aliphatic heterocycles. The van der Waals surface area contributed by atoms with E-state index in [0.29, 0.717) is 30.8 Å². The summed E-state index contributed by atoms with van der Waals surface area (Å²) in [6.45, 7) is 5.76. The SMILES string of the molecule is CCCN(CCC)C(=O)c1nc(C(=O)NCc2cccnc2)n2ccccc12. The average molecular weight is 379 g/mol. The fourth-order valence-corrected chi connectivity index (χ4v) is 3.12. The minimum absolute atomic E-state index is 0.140. The van der Waals surface area contributed by atoms with Crippen molar-refractivity contribution in [3.63, 3.8) is 0 Å². The van der Waals surface area contributed by atoms with Gasteiger partial charge in [-0.25, -0.2) is 4.98 Å². The number of carbonyl (C=O) groups is 2. The lowest BCUT2D eigenvalue weighted by molar-refractivity contribution is 0.0752. The first-order valence-corrected chi connectivity index (χ1v) is 9.59. The lowest BCUT2D eigenvalue weighted by atomic mass is 10.2. The van der Waals surface area contributed by atoms with E-state index in [0.717, 1.165) is 18.4 Å². The van der Waals surface area contributed by atoms with Crippen LogP contribution in [0.4, 0.5) is 0 Å². The number of rotatable bonds is 8. The Morgan fingerprint density at radius 2 is 1.89 bits per heavy atom. The maximum Gasteiger partial charge on any atom is 0.287 e. The lowest BCUT2D eigenvalue weighted by Crippen LogP contribution is -2.33. The van der Waals surface area contributed by atoms with Crippen LogP contribution in [-0.4, -0.2) is 44.2 Å². The van der Waals surface area contributed by atoms with Gasteiger partial charge in [-0.3, -0.25) is 19.0 Å². The van der Waals surface area contributed by atoms with Gasteiger partial charge in [0, 0.05) is 38.2 Å². The summed E-state index contributed by atoms with van der Waals surface area (Å²) in [6, 6.07) is 9.18. The van der Waals surface area contributed by atoms with Crippen molar-refractivity contribution in [1.82, 2.24) is 24.6 Å². The first-order valence-electron chi connectivity index (χ1n) is 9.59. The Hall–Kier alpha value is -3.22. The molecule has 3 aromatic heterocycles. The van der Waals surface area contributed by atoms with Crippen LogP contribution in [0.25, 0.3) is 5.52 Å². The molecule has 1 N–H and O–H groups in total. The van der Waals surface area contributed by atoms with Gasteiger partial charge in [-0.05, 0) is 36.6 Å². The Morgan fingerprint density at radius 3 is 2.57 bits per heavy atom. The molecule has 0 fully saturated rings. The van der Waals surface area contributed by atoms with Crippen LogP contribution in [0, 0.1) is 0 Å². The monoisotopic (exact) mass is 379 g/mol. The number of nitrogens with zero attached hydrogens (tertiary/aromatic N) is 4. The predicted octanol–water partition coefficient (Wildman–Crippen LogP) is 2.92. The van der Waals surface area contributed by atoms with E-state index in [1.807, 2.05) is 44.2 Å². The summed E-state index contributed by atoms with van der Waals surface area (Å²) in [4.78, 5) is 36.1. The highest BCUT2D eigenvalue weighted by atomic mass is 16.2. The van der Waals surface area contributed by atoms with E-state index in [4.69, 9.17) is 0 Å². The van der Waals surface area contributed by atoms with Crippen LogP contribution < -0.4 is 5.32 Å². The van der Waals surface area contributed by atoms with Gasteiger partial charge in [0.2, 0.25) is 5.82 Å². The third kappa shape index (κ3) is 4.19. The molecular formula is C21H25N5O2. The highest BCUT2D eigenvalue weighted by molar-refractivity contribution is 6.02. The molecule has 0 aliphatic rings. The van der Waals surface area contributed by atoms with E-state index >= 15 is 0 Å². The summed E-state index contributed by atoms with van der Waals surface area (Å²) in [6.07, 6.45) is 6.88. The van der Waals surface area contributed by atoms with E-state index in [9.17, 15) is 9.59 Å². The Kier molecular flexibility index (Phi) is 6.37. The number of amides is 2. The molecule has 0 aromatic carbocycles. The number of pyridine rings is 2. The molecule has 0 saturated carbocycles. The second-order valence-corrected chi connectivity index (χ2v) is 6.58. The van der Waals surface area contributed by atoms with E-state index < -0.39 is 0 Å². The highest BCUT2D eigenvalue weighted by Gasteiger charge is 2.24. The zero-order valence-electron chi connectivity index (χ0n) is 16.3. The molecule has 0 spiro atoms. The second kappa shape index (κ2) is 9.12. The van der Waals surface area contributed by atoms with Crippen LogP contribution in [0.15, 0.2) is 48.9 Å². The van der Waals surface area contributed by atoms with Gasteiger partial charge in [0.05, 0.1) is 5.52 Å². The van der Waals surface area contributed by atoms with E-state index in [2.05, 4.69) is 15.3 Å². The van der Waals surface area contributed by atoms with Crippen LogP contribution in [0.1, 0.15) is 53.4 Å². The molecule has 7 nitrogen and oxygen atoms in total. The van der Waals surface area contributed by atoms with Crippen molar-refractivity contribution in [2.24, 2.45) is 0 Å². The highest BCUT2D eigenvalue weighted by Crippen LogP contribution is 2.16. The van der Waals surface area contributed by atoms with Crippen molar-refractivity contribution in [2.45, 2.75) is 33.2 Å². The van der Waals surface area contributed by atoms with Crippen molar-refractivity contribution >= 4 is 17.3 Å². The predicted molar refractivity (Wildman–Crippen MR) is 107 cm³/mol. The van der Waals surface area contributed by atoms with E-state index in [-0.39, 0.29) is 17.6 Å². The van der Waals surface area contributed by atoms with Crippen molar-refractivity contribution < 1.29 is 9.59 Å². The van der Waals surface area contributed by atoms with Crippen molar-refractivity contribution in [3.05, 3.63) is 66.0 Å². The molecule has 0 aliphatic carbocycles. The van der Waals surface area contributed by atoms with Gasteiger partial charge in [-0.15, -0.1) is 0 Å². The van der Waals surface area contributed by atoms with Crippen molar-refractivity contribution in [1.29, 1.82) is 0 Å². The van der Waals surface area contributed by atoms with Crippen molar-refractivity contribution in [3.8, 4) is 0 Å². The number of nitrogens with one attached hydrogen (secondary N) is 1. The molecule has 146 valence electrons.